The van der Waals surface area contributed by atoms with Gasteiger partial charge in [0.1, 0.15) is 5.76 Å². The van der Waals surface area contributed by atoms with E-state index < -0.39 is 0 Å². The maximum atomic E-state index is 12.4. The van der Waals surface area contributed by atoms with Crippen molar-refractivity contribution in [3.05, 3.63) is 83.8 Å². The van der Waals surface area contributed by atoms with Crippen molar-refractivity contribution in [2.75, 3.05) is 11.1 Å². The minimum atomic E-state index is -0.167. The third-order valence-corrected chi connectivity index (χ3v) is 5.48. The van der Waals surface area contributed by atoms with E-state index in [-0.39, 0.29) is 11.7 Å². The SMILES string of the molecule is Cc1cccc(-c2nnc(SCC(=O)Nc3ccc(C#N)cc3)n2Cc2ccco2)c1. The number of rotatable bonds is 7. The molecule has 7 nitrogen and oxygen atoms in total. The summed E-state index contributed by atoms with van der Waals surface area (Å²) in [7, 11) is 0. The highest BCUT2D eigenvalue weighted by molar-refractivity contribution is 7.99. The maximum absolute atomic E-state index is 12.4. The lowest BCUT2D eigenvalue weighted by Gasteiger charge is -2.09. The van der Waals surface area contributed by atoms with E-state index in [2.05, 4.69) is 27.6 Å². The molecule has 1 amide bonds. The zero-order valence-corrected chi connectivity index (χ0v) is 17.6. The van der Waals surface area contributed by atoms with Gasteiger partial charge in [-0.05, 0) is 49.4 Å². The van der Waals surface area contributed by atoms with Gasteiger partial charge in [0.2, 0.25) is 5.91 Å². The molecule has 31 heavy (non-hydrogen) atoms. The van der Waals surface area contributed by atoms with Crippen LogP contribution in [0.2, 0.25) is 0 Å². The molecule has 0 unspecified atom stereocenters. The van der Waals surface area contributed by atoms with Crippen LogP contribution in [0.4, 0.5) is 5.69 Å². The molecule has 0 aliphatic carbocycles. The number of hydrogen-bond donors (Lipinski definition) is 1. The molecule has 2 aromatic heterocycles. The van der Waals surface area contributed by atoms with Crippen LogP contribution in [0.1, 0.15) is 16.9 Å². The first-order chi connectivity index (χ1) is 15.1. The average molecular weight is 430 g/mol. The van der Waals surface area contributed by atoms with Crippen LogP contribution >= 0.6 is 11.8 Å². The predicted octanol–water partition coefficient (Wildman–Crippen LogP) is 4.50. The number of nitriles is 1. The van der Waals surface area contributed by atoms with Gasteiger partial charge in [0.25, 0.3) is 0 Å². The molecule has 2 aromatic carbocycles. The fourth-order valence-corrected chi connectivity index (χ4v) is 3.79. The van der Waals surface area contributed by atoms with Crippen molar-refractivity contribution in [2.45, 2.75) is 18.6 Å². The zero-order chi connectivity index (χ0) is 21.6. The largest absolute Gasteiger partial charge is 0.467 e. The maximum Gasteiger partial charge on any atom is 0.234 e. The summed E-state index contributed by atoms with van der Waals surface area (Å²) in [5.41, 5.74) is 3.26. The van der Waals surface area contributed by atoms with Crippen molar-refractivity contribution >= 4 is 23.4 Å². The van der Waals surface area contributed by atoms with Crippen molar-refractivity contribution in [1.82, 2.24) is 14.8 Å². The second-order valence-electron chi connectivity index (χ2n) is 6.87. The minimum Gasteiger partial charge on any atom is -0.467 e. The van der Waals surface area contributed by atoms with Crippen molar-refractivity contribution in [1.29, 1.82) is 5.26 Å². The van der Waals surface area contributed by atoms with Gasteiger partial charge < -0.3 is 9.73 Å². The van der Waals surface area contributed by atoms with E-state index in [9.17, 15) is 4.79 Å². The lowest BCUT2D eigenvalue weighted by Crippen LogP contribution is -2.14. The number of hydrogen-bond acceptors (Lipinski definition) is 6. The van der Waals surface area contributed by atoms with Crippen LogP contribution in [0, 0.1) is 18.3 Å². The van der Waals surface area contributed by atoms with Crippen LogP contribution in [0.15, 0.2) is 76.5 Å². The van der Waals surface area contributed by atoms with Crippen LogP contribution in [-0.2, 0) is 11.3 Å². The Hall–Kier alpha value is -3.83. The number of carbonyl (C=O) groups is 1. The standard InChI is InChI=1S/C23H19N5O2S/c1-16-4-2-5-18(12-16)22-26-27-23(28(22)14-20-6-3-11-30-20)31-15-21(29)25-19-9-7-17(13-24)8-10-19/h2-12H,14-15H2,1H3,(H,25,29). The number of carbonyl (C=O) groups excluding carboxylic acids is 1. The van der Waals surface area contributed by atoms with E-state index in [1.54, 1.807) is 30.5 Å². The highest BCUT2D eigenvalue weighted by atomic mass is 32.2. The Morgan fingerprint density at radius 3 is 2.71 bits per heavy atom. The molecule has 0 atom stereocenters. The van der Waals surface area contributed by atoms with E-state index in [1.807, 2.05) is 41.8 Å². The Morgan fingerprint density at radius 1 is 1.16 bits per heavy atom. The minimum absolute atomic E-state index is 0.167. The summed E-state index contributed by atoms with van der Waals surface area (Å²) in [5.74, 6) is 1.50. The van der Waals surface area contributed by atoms with E-state index in [0.717, 1.165) is 22.7 Å². The van der Waals surface area contributed by atoms with Crippen molar-refractivity contribution in [2.24, 2.45) is 0 Å². The first-order valence-electron chi connectivity index (χ1n) is 9.58. The zero-order valence-electron chi connectivity index (χ0n) is 16.8. The molecule has 4 rings (SSSR count). The van der Waals surface area contributed by atoms with Crippen LogP contribution in [0.25, 0.3) is 11.4 Å². The van der Waals surface area contributed by atoms with Gasteiger partial charge in [-0.25, -0.2) is 0 Å². The predicted molar refractivity (Wildman–Crippen MR) is 119 cm³/mol. The number of benzene rings is 2. The van der Waals surface area contributed by atoms with Crippen molar-refractivity contribution < 1.29 is 9.21 Å². The second-order valence-corrected chi connectivity index (χ2v) is 7.81. The Kier molecular flexibility index (Phi) is 6.15. The van der Waals surface area contributed by atoms with Gasteiger partial charge in [0.15, 0.2) is 11.0 Å². The highest BCUT2D eigenvalue weighted by Crippen LogP contribution is 2.26. The fraction of sp³-hybridized carbons (Fsp3) is 0.130. The van der Waals surface area contributed by atoms with E-state index in [4.69, 9.17) is 9.68 Å². The van der Waals surface area contributed by atoms with Gasteiger partial charge in [0, 0.05) is 11.3 Å². The molecule has 154 valence electrons. The van der Waals surface area contributed by atoms with Crippen LogP contribution < -0.4 is 5.32 Å². The summed E-state index contributed by atoms with van der Waals surface area (Å²) in [5, 5.41) is 21.0. The number of furan rings is 1. The third-order valence-electron chi connectivity index (χ3n) is 4.52. The molecule has 0 bridgehead atoms. The Balaban J connectivity index is 1.51. The number of nitrogens with zero attached hydrogens (tertiary/aromatic N) is 4. The number of amides is 1. The smallest absolute Gasteiger partial charge is 0.234 e. The fourth-order valence-electron chi connectivity index (χ4n) is 3.05. The summed E-state index contributed by atoms with van der Waals surface area (Å²) in [6.07, 6.45) is 1.63. The van der Waals surface area contributed by atoms with Crippen LogP contribution in [-0.4, -0.2) is 26.4 Å². The van der Waals surface area contributed by atoms with E-state index >= 15 is 0 Å². The highest BCUT2D eigenvalue weighted by Gasteiger charge is 2.17. The Labute approximate surface area is 183 Å². The van der Waals surface area contributed by atoms with Crippen molar-refractivity contribution in [3.8, 4) is 17.5 Å². The van der Waals surface area contributed by atoms with Gasteiger partial charge in [-0.1, -0.05) is 35.5 Å². The second kappa shape index (κ2) is 9.32. The summed E-state index contributed by atoms with van der Waals surface area (Å²) in [6.45, 7) is 2.49. The van der Waals surface area contributed by atoms with Gasteiger partial charge in [-0.2, -0.15) is 5.26 Å². The molecule has 0 saturated carbocycles. The monoisotopic (exact) mass is 429 g/mol. The Bertz CT molecular complexity index is 1220. The molecule has 8 heteroatoms. The van der Waals surface area contributed by atoms with Gasteiger partial charge >= 0.3 is 0 Å². The molecule has 0 aliphatic heterocycles. The Morgan fingerprint density at radius 2 is 2.00 bits per heavy atom. The molecule has 0 spiro atoms. The van der Waals surface area contributed by atoms with Crippen LogP contribution in [0.5, 0.6) is 0 Å². The van der Waals surface area contributed by atoms with Crippen molar-refractivity contribution in [3.63, 3.8) is 0 Å². The van der Waals surface area contributed by atoms with Crippen LogP contribution in [0.3, 0.4) is 0 Å². The number of nitrogens with one attached hydrogen (secondary N) is 1. The molecule has 2 heterocycles. The molecule has 0 saturated heterocycles. The molecule has 1 N–H and O–H groups in total. The summed E-state index contributed by atoms with van der Waals surface area (Å²) >= 11 is 1.31. The lowest BCUT2D eigenvalue weighted by atomic mass is 10.1. The van der Waals surface area contributed by atoms with Gasteiger partial charge in [-0.3, -0.25) is 9.36 Å². The molecule has 0 fully saturated rings. The summed E-state index contributed by atoms with van der Waals surface area (Å²) in [4.78, 5) is 12.4. The van der Waals surface area contributed by atoms with Gasteiger partial charge in [0.05, 0.1) is 30.2 Å². The molecular formula is C23H19N5O2S. The topological polar surface area (TPSA) is 96.7 Å². The molecule has 0 aliphatic rings. The normalized spacial score (nSPS) is 10.6. The lowest BCUT2D eigenvalue weighted by molar-refractivity contribution is -0.113. The number of aromatic nitrogens is 3. The van der Waals surface area contributed by atoms with E-state index in [0.29, 0.717) is 23.0 Å². The number of aryl methyl sites for hydroxylation is 1. The first-order valence-corrected chi connectivity index (χ1v) is 10.6. The third kappa shape index (κ3) is 5.02. The number of thioether (sulfide) groups is 1. The molecule has 0 radical (unpaired) electrons. The molecule has 4 aromatic rings. The van der Waals surface area contributed by atoms with Gasteiger partial charge in [-0.15, -0.1) is 10.2 Å². The average Bonchev–Trinajstić information content (AvgIpc) is 3.43. The molecular weight excluding hydrogens is 410 g/mol. The summed E-state index contributed by atoms with van der Waals surface area (Å²) in [6, 6.07) is 20.6. The van der Waals surface area contributed by atoms with E-state index in [1.165, 1.54) is 11.8 Å². The summed E-state index contributed by atoms with van der Waals surface area (Å²) < 4.78 is 7.46. The number of anilines is 1. The quantitative estimate of drug-likeness (QED) is 0.435. The first kappa shape index (κ1) is 20.4.